The van der Waals surface area contributed by atoms with E-state index >= 15 is 0 Å². The van der Waals surface area contributed by atoms with Crippen molar-refractivity contribution in [2.24, 2.45) is 5.92 Å². The number of Topliss-reactive ketones (excluding diaryl/α,β-unsaturated/α-hetero) is 1. The zero-order valence-corrected chi connectivity index (χ0v) is 19.9. The molecule has 0 spiro atoms. The maximum atomic E-state index is 12.9. The summed E-state index contributed by atoms with van der Waals surface area (Å²) in [5.41, 5.74) is 0.931. The van der Waals surface area contributed by atoms with Crippen LogP contribution in [-0.2, 0) is 4.79 Å². The van der Waals surface area contributed by atoms with Gasteiger partial charge in [0.05, 0.1) is 5.92 Å². The summed E-state index contributed by atoms with van der Waals surface area (Å²) in [6.45, 7) is 6.07. The molecule has 0 aliphatic carbocycles. The zero-order valence-electron chi connectivity index (χ0n) is 19.1. The van der Waals surface area contributed by atoms with Crippen LogP contribution >= 0.6 is 11.3 Å². The van der Waals surface area contributed by atoms with E-state index < -0.39 is 0 Å². The largest absolute Gasteiger partial charge is 0.356 e. The average molecular weight is 472 g/mol. The molecular formula is C24H33N5O3S. The molecule has 3 N–H and O–H groups in total. The van der Waals surface area contributed by atoms with Crippen LogP contribution in [0.25, 0.3) is 0 Å². The number of ketones is 1. The van der Waals surface area contributed by atoms with Gasteiger partial charge in [0.1, 0.15) is 0 Å². The molecule has 178 valence electrons. The van der Waals surface area contributed by atoms with Gasteiger partial charge in [0.2, 0.25) is 5.91 Å². The van der Waals surface area contributed by atoms with Crippen molar-refractivity contribution in [1.29, 1.82) is 0 Å². The Hall–Kier alpha value is -2.78. The highest BCUT2D eigenvalue weighted by Crippen LogP contribution is 2.25. The Morgan fingerprint density at radius 2 is 1.82 bits per heavy atom. The Kier molecular flexibility index (Phi) is 9.83. The predicted octanol–water partition coefficient (Wildman–Crippen LogP) is 2.65. The smallest absolute Gasteiger partial charge is 0.317 e. The van der Waals surface area contributed by atoms with Crippen molar-refractivity contribution in [2.45, 2.75) is 32.1 Å². The van der Waals surface area contributed by atoms with Crippen molar-refractivity contribution in [3.05, 3.63) is 52.5 Å². The van der Waals surface area contributed by atoms with Crippen molar-refractivity contribution >= 4 is 29.1 Å². The monoisotopic (exact) mass is 471 g/mol. The molecule has 3 rings (SSSR count). The summed E-state index contributed by atoms with van der Waals surface area (Å²) < 4.78 is 0. The van der Waals surface area contributed by atoms with Crippen molar-refractivity contribution in [2.75, 3.05) is 39.3 Å². The van der Waals surface area contributed by atoms with E-state index in [4.69, 9.17) is 0 Å². The van der Waals surface area contributed by atoms with Crippen LogP contribution in [0.2, 0.25) is 0 Å². The molecule has 1 aliphatic heterocycles. The molecule has 1 fully saturated rings. The fourth-order valence-electron chi connectivity index (χ4n) is 3.88. The molecule has 1 aromatic heterocycles. The summed E-state index contributed by atoms with van der Waals surface area (Å²) >= 11 is 1.34. The number of urea groups is 1. The van der Waals surface area contributed by atoms with E-state index in [1.165, 1.54) is 11.3 Å². The van der Waals surface area contributed by atoms with Crippen LogP contribution in [0.15, 0.2) is 41.9 Å². The first-order chi connectivity index (χ1) is 16.0. The number of carbonyl (C=O) groups is 3. The molecule has 2 aromatic rings. The SMILES string of the molecule is CC(CCNC(=O)N1CCNCC1)CC(=O)NCCC(C(=O)c1nccs1)c1ccccc1. The maximum Gasteiger partial charge on any atom is 0.317 e. The van der Waals surface area contributed by atoms with Gasteiger partial charge in [-0.1, -0.05) is 37.3 Å². The molecule has 2 heterocycles. The number of nitrogens with one attached hydrogen (secondary N) is 3. The second kappa shape index (κ2) is 13.1. The highest BCUT2D eigenvalue weighted by Gasteiger charge is 2.24. The van der Waals surface area contributed by atoms with Gasteiger partial charge in [-0.05, 0) is 24.3 Å². The van der Waals surface area contributed by atoms with E-state index in [-0.39, 0.29) is 29.6 Å². The van der Waals surface area contributed by atoms with E-state index in [1.54, 1.807) is 11.6 Å². The van der Waals surface area contributed by atoms with Gasteiger partial charge in [0, 0.05) is 57.3 Å². The van der Waals surface area contributed by atoms with Crippen molar-refractivity contribution < 1.29 is 14.4 Å². The molecule has 9 heteroatoms. The average Bonchev–Trinajstić information content (AvgIpc) is 3.37. The van der Waals surface area contributed by atoms with Gasteiger partial charge in [-0.3, -0.25) is 9.59 Å². The van der Waals surface area contributed by atoms with E-state index in [0.717, 1.165) is 38.2 Å². The van der Waals surface area contributed by atoms with Crippen molar-refractivity contribution in [3.8, 4) is 0 Å². The lowest BCUT2D eigenvalue weighted by Gasteiger charge is -2.27. The molecular weight excluding hydrogens is 438 g/mol. The molecule has 8 nitrogen and oxygen atoms in total. The number of hydrogen-bond acceptors (Lipinski definition) is 6. The molecule has 3 amide bonds. The van der Waals surface area contributed by atoms with Crippen LogP contribution in [0, 0.1) is 5.92 Å². The molecule has 33 heavy (non-hydrogen) atoms. The Morgan fingerprint density at radius 1 is 1.09 bits per heavy atom. The summed E-state index contributed by atoms with van der Waals surface area (Å²) in [7, 11) is 0. The lowest BCUT2D eigenvalue weighted by atomic mass is 9.91. The molecule has 1 aliphatic rings. The van der Waals surface area contributed by atoms with Crippen LogP contribution in [0.3, 0.4) is 0 Å². The summed E-state index contributed by atoms with van der Waals surface area (Å²) in [6, 6.07) is 9.59. The zero-order chi connectivity index (χ0) is 23.5. The Balaban J connectivity index is 1.39. The molecule has 2 atom stereocenters. The number of thiazole rings is 1. The van der Waals surface area contributed by atoms with Gasteiger partial charge in [0.25, 0.3) is 0 Å². The highest BCUT2D eigenvalue weighted by atomic mass is 32.1. The van der Waals surface area contributed by atoms with E-state index in [2.05, 4.69) is 20.9 Å². The number of benzene rings is 1. The third-order valence-electron chi connectivity index (χ3n) is 5.77. The molecule has 0 bridgehead atoms. The van der Waals surface area contributed by atoms with Crippen molar-refractivity contribution in [3.63, 3.8) is 0 Å². The Labute approximate surface area is 199 Å². The van der Waals surface area contributed by atoms with Crippen LogP contribution < -0.4 is 16.0 Å². The first-order valence-electron chi connectivity index (χ1n) is 11.5. The first kappa shape index (κ1) is 24.9. The van der Waals surface area contributed by atoms with Gasteiger partial charge >= 0.3 is 6.03 Å². The van der Waals surface area contributed by atoms with Gasteiger partial charge in [-0.25, -0.2) is 9.78 Å². The second-order valence-electron chi connectivity index (χ2n) is 8.37. The summed E-state index contributed by atoms with van der Waals surface area (Å²) in [4.78, 5) is 43.5. The van der Waals surface area contributed by atoms with Gasteiger partial charge in [-0.2, -0.15) is 0 Å². The fourth-order valence-corrected chi connectivity index (χ4v) is 4.51. The normalized spacial score (nSPS) is 15.5. The van der Waals surface area contributed by atoms with Gasteiger partial charge in [-0.15, -0.1) is 11.3 Å². The summed E-state index contributed by atoms with van der Waals surface area (Å²) in [5.74, 6) is -0.242. The quantitative estimate of drug-likeness (QED) is 0.437. The van der Waals surface area contributed by atoms with Crippen molar-refractivity contribution in [1.82, 2.24) is 25.8 Å². The Morgan fingerprint density at radius 3 is 2.52 bits per heavy atom. The second-order valence-corrected chi connectivity index (χ2v) is 9.26. The van der Waals surface area contributed by atoms with Crippen LogP contribution in [-0.4, -0.2) is 66.9 Å². The maximum absolute atomic E-state index is 12.9. The molecule has 1 aromatic carbocycles. The molecule has 0 saturated carbocycles. The standard InChI is InChI=1S/C24H33N5O3S/c1-18(7-9-28-24(32)29-14-11-25-12-15-29)17-21(30)26-10-8-20(19-5-3-2-4-6-19)22(31)23-27-13-16-33-23/h2-6,13,16,18,20,25H,7-12,14-15,17H2,1H3,(H,26,30)(H,28,32). The minimum absolute atomic E-state index is 0.0148. The summed E-state index contributed by atoms with van der Waals surface area (Å²) in [6.07, 6.45) is 3.28. The number of nitrogens with zero attached hydrogens (tertiary/aromatic N) is 2. The third kappa shape index (κ3) is 7.94. The molecule has 0 radical (unpaired) electrons. The Bertz CT molecular complexity index is 885. The minimum atomic E-state index is -0.338. The highest BCUT2D eigenvalue weighted by molar-refractivity contribution is 7.11. The van der Waals surface area contributed by atoms with E-state index in [9.17, 15) is 14.4 Å². The number of aromatic nitrogens is 1. The fraction of sp³-hybridized carbons (Fsp3) is 0.500. The van der Waals surface area contributed by atoms with Crippen LogP contribution in [0.5, 0.6) is 0 Å². The van der Waals surface area contributed by atoms with E-state index in [1.807, 2.05) is 42.2 Å². The van der Waals surface area contributed by atoms with Crippen LogP contribution in [0.4, 0.5) is 4.79 Å². The van der Waals surface area contributed by atoms with Crippen LogP contribution in [0.1, 0.15) is 47.5 Å². The number of rotatable bonds is 11. The minimum Gasteiger partial charge on any atom is -0.356 e. The third-order valence-corrected chi connectivity index (χ3v) is 6.56. The predicted molar refractivity (Wildman–Crippen MR) is 129 cm³/mol. The lowest BCUT2D eigenvalue weighted by Crippen LogP contribution is -2.50. The molecule has 2 unspecified atom stereocenters. The van der Waals surface area contributed by atoms with Gasteiger partial charge < -0.3 is 20.9 Å². The van der Waals surface area contributed by atoms with E-state index in [0.29, 0.717) is 30.9 Å². The topological polar surface area (TPSA) is 103 Å². The number of amides is 3. The molecule has 1 saturated heterocycles. The number of piperazine rings is 1. The number of carbonyl (C=O) groups excluding carboxylic acids is 3. The van der Waals surface area contributed by atoms with Gasteiger partial charge in [0.15, 0.2) is 10.8 Å². The number of hydrogen-bond donors (Lipinski definition) is 3. The lowest BCUT2D eigenvalue weighted by molar-refractivity contribution is -0.121. The summed E-state index contributed by atoms with van der Waals surface area (Å²) in [5, 5.41) is 11.4. The first-order valence-corrected chi connectivity index (χ1v) is 12.4.